The Hall–Kier alpha value is -2.06. The second kappa shape index (κ2) is 5.62. The standard InChI is InChI=1S/C14H14O6S2/c1-20-12-9-14(13(8-11(12)15)21(2,16)17)22(18,19)10-6-4-3-5-7-10/h3-9,15H,1-2H3. The fourth-order valence-electron chi connectivity index (χ4n) is 1.92. The summed E-state index contributed by atoms with van der Waals surface area (Å²) in [5.41, 5.74) is 0. The fraction of sp³-hybridized carbons (Fsp3) is 0.143. The molecule has 0 aliphatic carbocycles. The number of methoxy groups -OCH3 is 1. The predicted octanol–water partition coefficient (Wildman–Crippen LogP) is 1.64. The molecule has 2 rings (SSSR count). The number of hydrogen-bond acceptors (Lipinski definition) is 6. The van der Waals surface area contributed by atoms with E-state index in [2.05, 4.69) is 0 Å². The molecule has 118 valence electrons. The smallest absolute Gasteiger partial charge is 0.208 e. The molecule has 0 aliphatic rings. The summed E-state index contributed by atoms with van der Waals surface area (Å²) >= 11 is 0. The maximum atomic E-state index is 12.7. The highest BCUT2D eigenvalue weighted by molar-refractivity contribution is 7.94. The van der Waals surface area contributed by atoms with Crippen LogP contribution >= 0.6 is 0 Å². The fourth-order valence-corrected chi connectivity index (χ4v) is 4.81. The van der Waals surface area contributed by atoms with Crippen LogP contribution in [0.15, 0.2) is 57.2 Å². The van der Waals surface area contributed by atoms with Gasteiger partial charge >= 0.3 is 0 Å². The molecule has 0 saturated carbocycles. The van der Waals surface area contributed by atoms with Crippen LogP contribution in [-0.2, 0) is 19.7 Å². The molecule has 6 nitrogen and oxygen atoms in total. The summed E-state index contributed by atoms with van der Waals surface area (Å²) in [6, 6.07) is 9.32. The van der Waals surface area contributed by atoms with Crippen molar-refractivity contribution in [2.45, 2.75) is 14.7 Å². The van der Waals surface area contributed by atoms with Gasteiger partial charge in [-0.25, -0.2) is 16.8 Å². The number of phenols is 1. The molecule has 0 aliphatic heterocycles. The number of rotatable bonds is 4. The van der Waals surface area contributed by atoms with Gasteiger partial charge < -0.3 is 9.84 Å². The van der Waals surface area contributed by atoms with Gasteiger partial charge in [-0.05, 0) is 12.1 Å². The Bertz CT molecular complexity index is 900. The molecule has 0 heterocycles. The first-order valence-corrected chi connectivity index (χ1v) is 9.46. The van der Waals surface area contributed by atoms with Crippen molar-refractivity contribution < 1.29 is 26.7 Å². The zero-order chi connectivity index (χ0) is 16.5. The minimum atomic E-state index is -4.07. The molecule has 0 spiro atoms. The van der Waals surface area contributed by atoms with Crippen LogP contribution in [-0.4, -0.2) is 35.3 Å². The van der Waals surface area contributed by atoms with Crippen LogP contribution in [0.5, 0.6) is 11.5 Å². The molecule has 0 amide bonds. The van der Waals surface area contributed by atoms with Crippen molar-refractivity contribution in [2.75, 3.05) is 13.4 Å². The van der Waals surface area contributed by atoms with E-state index >= 15 is 0 Å². The number of phenolic OH excluding ortho intramolecular Hbond substituents is 1. The summed E-state index contributed by atoms with van der Waals surface area (Å²) < 4.78 is 54.0. The predicted molar refractivity (Wildman–Crippen MR) is 79.7 cm³/mol. The van der Waals surface area contributed by atoms with Crippen LogP contribution in [0.1, 0.15) is 0 Å². The van der Waals surface area contributed by atoms with E-state index in [1.807, 2.05) is 0 Å². The molecule has 0 unspecified atom stereocenters. The van der Waals surface area contributed by atoms with Crippen LogP contribution in [0.4, 0.5) is 0 Å². The van der Waals surface area contributed by atoms with Crippen molar-refractivity contribution in [1.82, 2.24) is 0 Å². The van der Waals surface area contributed by atoms with Gasteiger partial charge in [-0.2, -0.15) is 0 Å². The van der Waals surface area contributed by atoms with E-state index < -0.39 is 35.2 Å². The Labute approximate surface area is 128 Å². The van der Waals surface area contributed by atoms with Gasteiger partial charge in [0.2, 0.25) is 9.84 Å². The number of benzene rings is 2. The topological polar surface area (TPSA) is 97.7 Å². The number of ether oxygens (including phenoxy) is 1. The first-order valence-electron chi connectivity index (χ1n) is 6.09. The first kappa shape index (κ1) is 16.3. The number of sulfone groups is 2. The maximum absolute atomic E-state index is 12.7. The quantitative estimate of drug-likeness (QED) is 0.907. The third-order valence-electron chi connectivity index (χ3n) is 2.99. The highest BCUT2D eigenvalue weighted by atomic mass is 32.2. The average Bonchev–Trinajstić information content (AvgIpc) is 2.46. The largest absolute Gasteiger partial charge is 0.504 e. The van der Waals surface area contributed by atoms with E-state index in [0.29, 0.717) is 0 Å². The van der Waals surface area contributed by atoms with E-state index in [4.69, 9.17) is 4.74 Å². The lowest BCUT2D eigenvalue weighted by Crippen LogP contribution is -2.10. The number of aromatic hydroxyl groups is 1. The monoisotopic (exact) mass is 342 g/mol. The Balaban J connectivity index is 2.85. The Kier molecular flexibility index (Phi) is 4.17. The van der Waals surface area contributed by atoms with Gasteiger partial charge in [-0.3, -0.25) is 0 Å². The minimum Gasteiger partial charge on any atom is -0.504 e. The van der Waals surface area contributed by atoms with Crippen molar-refractivity contribution in [3.8, 4) is 11.5 Å². The molecule has 0 radical (unpaired) electrons. The lowest BCUT2D eigenvalue weighted by Gasteiger charge is -2.12. The van der Waals surface area contributed by atoms with Crippen molar-refractivity contribution in [2.24, 2.45) is 0 Å². The summed E-state index contributed by atoms with van der Waals surface area (Å²) in [7, 11) is -6.70. The van der Waals surface area contributed by atoms with E-state index in [-0.39, 0.29) is 10.6 Å². The van der Waals surface area contributed by atoms with E-state index in [0.717, 1.165) is 18.4 Å². The van der Waals surface area contributed by atoms with Gasteiger partial charge in [0.05, 0.1) is 21.8 Å². The van der Waals surface area contributed by atoms with Crippen molar-refractivity contribution in [1.29, 1.82) is 0 Å². The SMILES string of the molecule is COc1cc(S(=O)(=O)c2ccccc2)c(S(C)(=O)=O)cc1O. The molecular weight excluding hydrogens is 328 g/mol. The molecule has 0 aromatic heterocycles. The third kappa shape index (κ3) is 2.93. The van der Waals surface area contributed by atoms with Crippen LogP contribution in [0.3, 0.4) is 0 Å². The molecule has 1 N–H and O–H groups in total. The second-order valence-electron chi connectivity index (χ2n) is 4.56. The summed E-state index contributed by atoms with van der Waals surface area (Å²) in [4.78, 5) is -0.960. The highest BCUT2D eigenvalue weighted by Crippen LogP contribution is 2.36. The second-order valence-corrected chi connectivity index (χ2v) is 8.46. The average molecular weight is 342 g/mol. The van der Waals surface area contributed by atoms with Crippen molar-refractivity contribution in [3.63, 3.8) is 0 Å². The molecule has 0 bridgehead atoms. The van der Waals surface area contributed by atoms with E-state index in [9.17, 15) is 21.9 Å². The lowest BCUT2D eigenvalue weighted by atomic mass is 10.3. The molecule has 0 saturated heterocycles. The molecular formula is C14H14O6S2. The molecule has 8 heteroatoms. The number of hydrogen-bond donors (Lipinski definition) is 1. The van der Waals surface area contributed by atoms with E-state index in [1.165, 1.54) is 31.4 Å². The Morgan fingerprint density at radius 1 is 0.955 bits per heavy atom. The van der Waals surface area contributed by atoms with Crippen LogP contribution in [0.2, 0.25) is 0 Å². The maximum Gasteiger partial charge on any atom is 0.208 e. The highest BCUT2D eigenvalue weighted by Gasteiger charge is 2.28. The summed E-state index contributed by atoms with van der Waals surface area (Å²) in [6.45, 7) is 0. The Morgan fingerprint density at radius 2 is 1.55 bits per heavy atom. The summed E-state index contributed by atoms with van der Waals surface area (Å²) in [5, 5.41) is 9.73. The van der Waals surface area contributed by atoms with Gasteiger partial charge in [-0.15, -0.1) is 0 Å². The zero-order valence-electron chi connectivity index (χ0n) is 11.8. The van der Waals surface area contributed by atoms with Gasteiger partial charge in [-0.1, -0.05) is 18.2 Å². The minimum absolute atomic E-state index is 0.0485. The van der Waals surface area contributed by atoms with Gasteiger partial charge in [0.25, 0.3) is 0 Å². The van der Waals surface area contributed by atoms with Crippen LogP contribution < -0.4 is 4.74 Å². The first-order chi connectivity index (χ1) is 10.2. The van der Waals surface area contributed by atoms with Gasteiger partial charge in [0, 0.05) is 18.4 Å². The summed E-state index contributed by atoms with van der Waals surface area (Å²) in [6.07, 6.45) is 0.873. The molecule has 0 atom stereocenters. The molecule has 0 fully saturated rings. The lowest BCUT2D eigenvalue weighted by molar-refractivity contribution is 0.370. The summed E-state index contributed by atoms with van der Waals surface area (Å²) in [5.74, 6) is -0.572. The van der Waals surface area contributed by atoms with Gasteiger partial charge in [0.1, 0.15) is 0 Å². The molecule has 22 heavy (non-hydrogen) atoms. The van der Waals surface area contributed by atoms with Crippen LogP contribution in [0, 0.1) is 0 Å². The van der Waals surface area contributed by atoms with Crippen LogP contribution in [0.25, 0.3) is 0 Å². The normalized spacial score (nSPS) is 12.1. The molecule has 2 aromatic carbocycles. The Morgan fingerprint density at radius 3 is 2.05 bits per heavy atom. The third-order valence-corrected chi connectivity index (χ3v) is 6.06. The van der Waals surface area contributed by atoms with E-state index in [1.54, 1.807) is 6.07 Å². The van der Waals surface area contributed by atoms with Gasteiger partial charge in [0.15, 0.2) is 21.3 Å². The zero-order valence-corrected chi connectivity index (χ0v) is 13.5. The van der Waals surface area contributed by atoms with Crippen molar-refractivity contribution >= 4 is 19.7 Å². The van der Waals surface area contributed by atoms with Crippen molar-refractivity contribution in [3.05, 3.63) is 42.5 Å². The molecule has 2 aromatic rings.